The fraction of sp³-hybridized carbons (Fsp3) is 0.973. The van der Waals surface area contributed by atoms with Gasteiger partial charge in [-0.3, -0.25) is 0 Å². The molecule has 0 bridgehead atoms. The molecule has 0 saturated carbocycles. The second kappa shape index (κ2) is 51.3. The van der Waals surface area contributed by atoms with E-state index in [0.717, 1.165) is 14.2 Å². The van der Waals surface area contributed by atoms with Gasteiger partial charge in [0, 0.05) is 64.0 Å². The van der Waals surface area contributed by atoms with Crippen LogP contribution in [0.15, 0.2) is 0 Å². The van der Waals surface area contributed by atoms with Gasteiger partial charge in [0.1, 0.15) is 46.4 Å². The largest absolute Gasteiger partial charge is 0.679 e. The Hall–Kier alpha value is -1.81. The maximum Gasteiger partial charge on any atom is 0.679 e. The summed E-state index contributed by atoms with van der Waals surface area (Å²) in [4.78, 5) is 8.00. The van der Waals surface area contributed by atoms with Crippen LogP contribution in [-0.4, -0.2) is 201 Å². The molecule has 0 amide bonds. The van der Waals surface area contributed by atoms with Crippen LogP contribution in [0.25, 0.3) is 0 Å². The van der Waals surface area contributed by atoms with Crippen molar-refractivity contribution < 1.29 is 181 Å². The van der Waals surface area contributed by atoms with Gasteiger partial charge in [-0.1, -0.05) is 89.1 Å². The minimum absolute atomic E-state index is 0. The van der Waals surface area contributed by atoms with Gasteiger partial charge in [0.15, 0.2) is 0 Å². The number of halogens is 25. The highest BCUT2D eigenvalue weighted by molar-refractivity contribution is 6.62. The molecule has 16 nitrogen and oxygen atoms in total. The van der Waals surface area contributed by atoms with Crippen LogP contribution in [0.3, 0.4) is 0 Å². The van der Waals surface area contributed by atoms with Gasteiger partial charge in [-0.05, 0) is 0 Å². The predicted molar refractivity (Wildman–Crippen MR) is 262 cm³/mol. The quantitative estimate of drug-likeness (QED) is 0.0703. The minimum Gasteiger partial charge on any atom is -0.371 e. The number of carbonyl (C=O) groups is 1. The van der Waals surface area contributed by atoms with Crippen molar-refractivity contribution in [2.45, 2.75) is 144 Å². The third-order valence-electron chi connectivity index (χ3n) is 5.98. The third-order valence-corrected chi connectivity index (χ3v) is 14.3. The number of hydrogen-bond acceptors (Lipinski definition) is 16. The molecule has 0 unspecified atom stereocenters. The van der Waals surface area contributed by atoms with Gasteiger partial charge >= 0.3 is 90.7 Å². The zero-order valence-electron chi connectivity index (χ0n) is 36.4. The molecule has 524 valence electrons. The summed E-state index contributed by atoms with van der Waals surface area (Å²) in [6.45, 7) is -11.4. The van der Waals surface area contributed by atoms with Crippen LogP contribution in [0.2, 0.25) is 0 Å². The van der Waals surface area contributed by atoms with Crippen molar-refractivity contribution in [1.29, 1.82) is 0 Å². The van der Waals surface area contributed by atoms with Crippen LogP contribution in [-0.2, 0) is 71.2 Å². The summed E-state index contributed by atoms with van der Waals surface area (Å²) in [5.41, 5.74) is 0. The van der Waals surface area contributed by atoms with Crippen molar-refractivity contribution in [2.24, 2.45) is 0 Å². The molecular weight excluding hydrogens is 1290 g/mol. The lowest BCUT2D eigenvalue weighted by molar-refractivity contribution is -0.301. The normalized spacial score (nSPS) is 12.0. The number of alkyl halides is 25. The van der Waals surface area contributed by atoms with Crippen LogP contribution in [0.1, 0.15) is 89.1 Å². The van der Waals surface area contributed by atoms with E-state index in [1.54, 1.807) is 0 Å². The van der Waals surface area contributed by atoms with Gasteiger partial charge in [0.25, 0.3) is 0 Å². The third kappa shape index (κ3) is 52.5. The van der Waals surface area contributed by atoms with Gasteiger partial charge in [0.05, 0.1) is 0 Å². The van der Waals surface area contributed by atoms with E-state index in [0.29, 0.717) is 14.2 Å². The van der Waals surface area contributed by atoms with Crippen molar-refractivity contribution >= 4 is 42.7 Å². The SMILES string of the molecule is C.C.C.C.C.C.C.C.C.C.C.C.C=O.CO[Si](OC)(OC)OC.CO[Si](OC)(OCC(F)(F)C(F)(F)F)OCC(F)(F)C(F)(F)F.CO[Si](OC)(OCC(F)(F)F)OCC(F)(F)F.CO[Si](OCC(F)(F)F)(OCC(F)(F)F)C(F)(F)F. The predicted octanol–water partition coefficient (Wildman–Crippen LogP) is 15.3. The van der Waals surface area contributed by atoms with Gasteiger partial charge in [-0.15, -0.1) is 0 Å². The summed E-state index contributed by atoms with van der Waals surface area (Å²) in [6, 6.07) is 0. The highest BCUT2D eigenvalue weighted by Gasteiger charge is 2.68. The van der Waals surface area contributed by atoms with Crippen molar-refractivity contribution in [1.82, 2.24) is 0 Å². The summed E-state index contributed by atoms with van der Waals surface area (Å²) in [5, 5.41) is 0. The Morgan fingerprint density at radius 3 is 0.524 bits per heavy atom. The second-order valence-electron chi connectivity index (χ2n) is 11.0. The van der Waals surface area contributed by atoms with Crippen LogP contribution in [0.5, 0.6) is 0 Å². The molecule has 0 aliphatic rings. The van der Waals surface area contributed by atoms with E-state index in [2.05, 4.69) is 48.7 Å². The maximum atomic E-state index is 12.7. The van der Waals surface area contributed by atoms with E-state index < -0.39 is 130 Å². The lowest BCUT2D eigenvalue weighted by Crippen LogP contribution is -2.60. The Morgan fingerprint density at radius 1 is 0.256 bits per heavy atom. The molecule has 45 heteroatoms. The van der Waals surface area contributed by atoms with Crippen LogP contribution < -0.4 is 0 Å². The van der Waals surface area contributed by atoms with Crippen LogP contribution in [0, 0.1) is 0 Å². The van der Waals surface area contributed by atoms with Gasteiger partial charge in [-0.2, -0.15) is 110 Å². The van der Waals surface area contributed by atoms with E-state index in [4.69, 9.17) is 22.5 Å². The van der Waals surface area contributed by atoms with Gasteiger partial charge in [-0.25, -0.2) is 0 Å². The van der Waals surface area contributed by atoms with Crippen molar-refractivity contribution in [3.8, 4) is 0 Å². The molecular formula is C37H89F25O16Si4. The van der Waals surface area contributed by atoms with E-state index in [-0.39, 0.29) is 96.2 Å². The molecule has 0 fully saturated rings. The zero-order chi connectivity index (χ0) is 57.3. The molecule has 0 aromatic rings. The molecule has 82 heavy (non-hydrogen) atoms. The topological polar surface area (TPSA) is 156 Å². The molecule has 0 rings (SSSR count). The fourth-order valence-corrected chi connectivity index (χ4v) is 8.30. The Bertz CT molecular complexity index is 1290. The van der Waals surface area contributed by atoms with Crippen LogP contribution >= 0.6 is 0 Å². The standard InChI is InChI=1S/C8H10F10O4Si.C6H7F9O3Si.C6H10F6O4Si.C4H12O4Si.CH2O.12CH4/c1-19-23(20-2,21-3-5(9,10)7(13,14)15)22-4-6(11,12)8(16,17)18;1-16-19(6(13,14)15,17-2-4(7,8)9)18-3-5(10,11)12;1-13-17(14-2,15-3-5(7,8)9)16-4-6(10,11)12;1-5-9(6-2,7-3)8-4;1-2;;;;;;;;;;;;/h3-4H2,1-2H3;2-3H2,1H3;3-4H2,1-2H3;1-4H3;1H2;12*1H4. The molecule has 0 aromatic carbocycles. The zero-order valence-corrected chi connectivity index (χ0v) is 40.4. The Kier molecular flexibility index (Phi) is 78.7. The average Bonchev–Trinajstić information content (AvgIpc) is 3.21. The Balaban J connectivity index is -0.0000000445. The van der Waals surface area contributed by atoms with Gasteiger partial charge in [0.2, 0.25) is 0 Å². The maximum absolute atomic E-state index is 12.7. The van der Waals surface area contributed by atoms with Crippen molar-refractivity contribution in [3.63, 3.8) is 0 Å². The molecule has 0 aliphatic carbocycles. The summed E-state index contributed by atoms with van der Waals surface area (Å²) in [5.74, 6) is -16.5. The molecule has 0 N–H and O–H groups in total. The monoisotopic (exact) mass is 1380 g/mol. The van der Waals surface area contributed by atoms with E-state index in [1.165, 1.54) is 28.4 Å². The fourth-order valence-electron chi connectivity index (χ4n) is 2.88. The average molecular weight is 1380 g/mol. The van der Waals surface area contributed by atoms with Gasteiger partial charge < -0.3 is 71.2 Å². The van der Waals surface area contributed by atoms with E-state index >= 15 is 0 Å². The lowest BCUT2D eigenvalue weighted by atomic mass is 10.3. The van der Waals surface area contributed by atoms with E-state index in [1.807, 2.05) is 6.79 Å². The summed E-state index contributed by atoms with van der Waals surface area (Å²) in [7, 11) is -9.32. The second-order valence-corrected chi connectivity index (χ2v) is 21.1. The molecule has 0 heterocycles. The van der Waals surface area contributed by atoms with Crippen molar-refractivity contribution in [3.05, 3.63) is 0 Å². The molecule has 0 saturated heterocycles. The first-order chi connectivity index (χ1) is 31.0. The molecule has 0 atom stereocenters. The summed E-state index contributed by atoms with van der Waals surface area (Å²) < 4.78 is 365. The molecule has 0 aromatic heterocycles. The highest BCUT2D eigenvalue weighted by Crippen LogP contribution is 2.39. The smallest absolute Gasteiger partial charge is 0.371 e. The minimum atomic E-state index is -6.13. The first-order valence-electron chi connectivity index (χ1n) is 16.4. The Morgan fingerprint density at radius 2 is 0.415 bits per heavy atom. The molecule has 0 spiro atoms. The molecule has 0 radical (unpaired) electrons. The molecule has 0 aliphatic heterocycles. The first kappa shape index (κ1) is 126. The van der Waals surface area contributed by atoms with Crippen LogP contribution in [0.4, 0.5) is 110 Å². The highest BCUT2D eigenvalue weighted by atomic mass is 28.4. The number of hydrogen-bond donors (Lipinski definition) is 0. The Labute approximate surface area is 470 Å². The summed E-state index contributed by atoms with van der Waals surface area (Å²) in [6.07, 6.45) is -31.9. The first-order valence-corrected chi connectivity index (χ1v) is 23.0. The number of rotatable bonds is 23. The van der Waals surface area contributed by atoms with Crippen molar-refractivity contribution in [2.75, 3.05) is 104 Å². The van der Waals surface area contributed by atoms with E-state index in [9.17, 15) is 110 Å². The summed E-state index contributed by atoms with van der Waals surface area (Å²) >= 11 is 0. The lowest BCUT2D eigenvalue weighted by Gasteiger charge is -2.30. The number of carbonyl (C=O) groups excluding carboxylic acids is 1.